The highest BCUT2D eigenvalue weighted by Crippen LogP contribution is 2.25. The smallest absolute Gasteiger partial charge is 0.218 e. The summed E-state index contributed by atoms with van der Waals surface area (Å²) in [5, 5.41) is 12.8. The van der Waals surface area contributed by atoms with Gasteiger partial charge in [0.15, 0.2) is 0 Å². The molecule has 2 saturated heterocycles. The van der Waals surface area contributed by atoms with Crippen molar-refractivity contribution >= 4 is 10.0 Å². The van der Waals surface area contributed by atoms with E-state index >= 15 is 0 Å². The molecular weight excluding hydrogens is 240 g/mol. The Labute approximate surface area is 103 Å². The van der Waals surface area contributed by atoms with Crippen molar-refractivity contribution in [2.45, 2.75) is 43.5 Å². The summed E-state index contributed by atoms with van der Waals surface area (Å²) in [5.41, 5.74) is -0.710. The van der Waals surface area contributed by atoms with Crippen LogP contribution in [0.25, 0.3) is 0 Å². The Kier molecular flexibility index (Phi) is 3.77. The maximum absolute atomic E-state index is 12.4. The molecule has 0 bridgehead atoms. The van der Waals surface area contributed by atoms with Crippen LogP contribution in [-0.2, 0) is 10.0 Å². The monoisotopic (exact) mass is 262 g/mol. The Morgan fingerprint density at radius 2 is 2.12 bits per heavy atom. The fourth-order valence-corrected chi connectivity index (χ4v) is 4.48. The maximum atomic E-state index is 12.4. The summed E-state index contributed by atoms with van der Waals surface area (Å²) in [7, 11) is -3.18. The summed E-state index contributed by atoms with van der Waals surface area (Å²) in [6.07, 6.45) is 2.66. The molecule has 17 heavy (non-hydrogen) atoms. The van der Waals surface area contributed by atoms with Gasteiger partial charge in [-0.05, 0) is 39.2 Å². The van der Waals surface area contributed by atoms with Gasteiger partial charge >= 0.3 is 0 Å². The molecule has 2 aliphatic rings. The summed E-state index contributed by atoms with van der Waals surface area (Å²) in [6.45, 7) is 4.14. The largest absolute Gasteiger partial charge is 0.390 e. The minimum absolute atomic E-state index is 0.273. The summed E-state index contributed by atoms with van der Waals surface area (Å²) >= 11 is 0. The average molecular weight is 262 g/mol. The molecule has 2 unspecified atom stereocenters. The van der Waals surface area contributed by atoms with E-state index in [0.717, 1.165) is 13.0 Å². The van der Waals surface area contributed by atoms with Crippen LogP contribution in [0.4, 0.5) is 0 Å². The summed E-state index contributed by atoms with van der Waals surface area (Å²) in [5.74, 6) is 0. The van der Waals surface area contributed by atoms with Crippen molar-refractivity contribution in [2.24, 2.45) is 0 Å². The van der Waals surface area contributed by atoms with Crippen molar-refractivity contribution < 1.29 is 13.5 Å². The van der Waals surface area contributed by atoms with E-state index in [1.165, 1.54) is 0 Å². The molecule has 0 aliphatic carbocycles. The first-order valence-corrected chi connectivity index (χ1v) is 7.84. The van der Waals surface area contributed by atoms with Crippen LogP contribution in [0.1, 0.15) is 32.6 Å². The predicted octanol–water partition coefficient (Wildman–Crippen LogP) is -0.0850. The molecule has 0 amide bonds. The Morgan fingerprint density at radius 3 is 2.76 bits per heavy atom. The zero-order chi connectivity index (χ0) is 12.5. The molecule has 2 heterocycles. The Hall–Kier alpha value is -0.170. The second kappa shape index (κ2) is 4.84. The Balaban J connectivity index is 2.06. The van der Waals surface area contributed by atoms with Gasteiger partial charge < -0.3 is 10.4 Å². The van der Waals surface area contributed by atoms with Crippen molar-refractivity contribution in [2.75, 3.05) is 26.2 Å². The molecule has 2 rings (SSSR count). The van der Waals surface area contributed by atoms with Crippen LogP contribution in [0.15, 0.2) is 0 Å². The number of sulfonamides is 1. The molecule has 6 heteroatoms. The standard InChI is InChI=1S/C11H22N2O3S/c1-11(14)4-2-7-13(8-5-11)17(15,16)10-3-6-12-9-10/h10,12,14H,2-9H2,1H3. The van der Waals surface area contributed by atoms with Gasteiger partial charge in [0.2, 0.25) is 10.0 Å². The predicted molar refractivity (Wildman–Crippen MR) is 66.2 cm³/mol. The van der Waals surface area contributed by atoms with Crippen LogP contribution in [0.5, 0.6) is 0 Å². The van der Waals surface area contributed by atoms with E-state index in [4.69, 9.17) is 0 Å². The van der Waals surface area contributed by atoms with Gasteiger partial charge in [-0.15, -0.1) is 0 Å². The highest BCUT2D eigenvalue weighted by atomic mass is 32.2. The third-order valence-electron chi connectivity index (χ3n) is 3.82. The van der Waals surface area contributed by atoms with Crippen LogP contribution < -0.4 is 5.32 Å². The molecule has 0 radical (unpaired) electrons. The van der Waals surface area contributed by atoms with Gasteiger partial charge in [-0.3, -0.25) is 0 Å². The van der Waals surface area contributed by atoms with Crippen LogP contribution in [0.3, 0.4) is 0 Å². The Morgan fingerprint density at radius 1 is 1.35 bits per heavy atom. The topological polar surface area (TPSA) is 69.6 Å². The highest BCUT2D eigenvalue weighted by molar-refractivity contribution is 7.89. The van der Waals surface area contributed by atoms with Crippen LogP contribution in [0.2, 0.25) is 0 Å². The molecule has 2 atom stereocenters. The number of hydrogen-bond donors (Lipinski definition) is 2. The zero-order valence-corrected chi connectivity index (χ0v) is 11.2. The third-order valence-corrected chi connectivity index (χ3v) is 6.15. The molecule has 0 aromatic heterocycles. The number of rotatable bonds is 2. The van der Waals surface area contributed by atoms with E-state index < -0.39 is 15.6 Å². The lowest BCUT2D eigenvalue weighted by Gasteiger charge is -2.24. The molecule has 2 fully saturated rings. The number of nitrogens with one attached hydrogen (secondary N) is 1. The van der Waals surface area contributed by atoms with Crippen molar-refractivity contribution in [3.8, 4) is 0 Å². The van der Waals surface area contributed by atoms with Crippen molar-refractivity contribution in [3.05, 3.63) is 0 Å². The maximum Gasteiger partial charge on any atom is 0.218 e. The van der Waals surface area contributed by atoms with Gasteiger partial charge in [-0.25, -0.2) is 12.7 Å². The molecule has 0 aromatic carbocycles. The van der Waals surface area contributed by atoms with Crippen LogP contribution in [-0.4, -0.2) is 54.9 Å². The Bertz CT molecular complexity index is 361. The number of nitrogens with zero attached hydrogens (tertiary/aromatic N) is 1. The molecule has 0 spiro atoms. The second-order valence-corrected chi connectivity index (χ2v) is 7.62. The average Bonchev–Trinajstić information content (AvgIpc) is 2.70. The van der Waals surface area contributed by atoms with Gasteiger partial charge in [0, 0.05) is 19.6 Å². The van der Waals surface area contributed by atoms with E-state index in [9.17, 15) is 13.5 Å². The lowest BCUT2D eigenvalue weighted by atomic mass is 9.98. The van der Waals surface area contributed by atoms with Gasteiger partial charge in [0.1, 0.15) is 0 Å². The van der Waals surface area contributed by atoms with E-state index in [-0.39, 0.29) is 5.25 Å². The quantitative estimate of drug-likeness (QED) is 0.730. The SMILES string of the molecule is CC1(O)CCCN(S(=O)(=O)C2CCNC2)CC1. The van der Waals surface area contributed by atoms with Gasteiger partial charge in [-0.1, -0.05) is 0 Å². The first kappa shape index (κ1) is 13.3. The molecule has 0 aromatic rings. The van der Waals surface area contributed by atoms with E-state index in [0.29, 0.717) is 38.9 Å². The van der Waals surface area contributed by atoms with Gasteiger partial charge in [0.25, 0.3) is 0 Å². The number of hydrogen-bond acceptors (Lipinski definition) is 4. The van der Waals surface area contributed by atoms with Crippen molar-refractivity contribution in [3.63, 3.8) is 0 Å². The minimum atomic E-state index is -3.18. The van der Waals surface area contributed by atoms with E-state index in [2.05, 4.69) is 5.32 Å². The summed E-state index contributed by atoms with van der Waals surface area (Å²) in [6, 6.07) is 0. The fraction of sp³-hybridized carbons (Fsp3) is 1.00. The first-order valence-electron chi connectivity index (χ1n) is 6.34. The van der Waals surface area contributed by atoms with Crippen molar-refractivity contribution in [1.82, 2.24) is 9.62 Å². The molecule has 2 N–H and O–H groups in total. The molecule has 5 nitrogen and oxygen atoms in total. The second-order valence-electron chi connectivity index (χ2n) is 5.41. The zero-order valence-electron chi connectivity index (χ0n) is 10.4. The van der Waals surface area contributed by atoms with Crippen LogP contribution in [0, 0.1) is 0 Å². The summed E-state index contributed by atoms with van der Waals surface area (Å²) < 4.78 is 26.3. The van der Waals surface area contributed by atoms with E-state index in [1.54, 1.807) is 11.2 Å². The van der Waals surface area contributed by atoms with Crippen molar-refractivity contribution in [1.29, 1.82) is 0 Å². The molecule has 2 aliphatic heterocycles. The lowest BCUT2D eigenvalue weighted by Crippen LogP contribution is -2.40. The third kappa shape index (κ3) is 2.99. The fourth-order valence-electron chi connectivity index (χ4n) is 2.59. The van der Waals surface area contributed by atoms with Gasteiger partial charge in [-0.2, -0.15) is 0 Å². The van der Waals surface area contributed by atoms with Gasteiger partial charge in [0.05, 0.1) is 10.9 Å². The molecule has 0 saturated carbocycles. The molecular formula is C11H22N2O3S. The number of aliphatic hydroxyl groups is 1. The van der Waals surface area contributed by atoms with Crippen LogP contribution >= 0.6 is 0 Å². The lowest BCUT2D eigenvalue weighted by molar-refractivity contribution is 0.0465. The minimum Gasteiger partial charge on any atom is -0.390 e. The van der Waals surface area contributed by atoms with E-state index in [1.807, 2.05) is 0 Å². The highest BCUT2D eigenvalue weighted by Gasteiger charge is 2.36. The first-order chi connectivity index (χ1) is 7.92. The normalized spacial score (nSPS) is 36.9. The summed E-state index contributed by atoms with van der Waals surface area (Å²) in [4.78, 5) is 0. The molecule has 100 valence electrons.